The molecular formula is C18H13N3O2S. The molecule has 0 saturated carbocycles. The number of sulfone groups is 1. The molecule has 0 unspecified atom stereocenters. The Morgan fingerprint density at radius 2 is 1.75 bits per heavy atom. The molecule has 0 aliphatic heterocycles. The maximum atomic E-state index is 12.6. The summed E-state index contributed by atoms with van der Waals surface area (Å²) in [4.78, 5) is 8.27. The van der Waals surface area contributed by atoms with Crippen molar-refractivity contribution in [3.8, 4) is 6.07 Å². The zero-order chi connectivity index (χ0) is 17.2. The van der Waals surface area contributed by atoms with Crippen molar-refractivity contribution in [1.29, 1.82) is 5.26 Å². The maximum absolute atomic E-state index is 12.6. The van der Waals surface area contributed by atoms with Gasteiger partial charge in [-0.05, 0) is 37.3 Å². The lowest BCUT2D eigenvalue weighted by atomic mass is 10.2. The van der Waals surface area contributed by atoms with Gasteiger partial charge < -0.3 is 0 Å². The molecule has 0 bridgehead atoms. The van der Waals surface area contributed by atoms with Crippen LogP contribution in [0.2, 0.25) is 0 Å². The highest BCUT2D eigenvalue weighted by Gasteiger charge is 2.21. The summed E-state index contributed by atoms with van der Waals surface area (Å²) >= 11 is 0. The third kappa shape index (κ3) is 3.03. The molecule has 0 amide bonds. The lowest BCUT2D eigenvalue weighted by molar-refractivity contribution is 0.603. The molecule has 24 heavy (non-hydrogen) atoms. The summed E-state index contributed by atoms with van der Waals surface area (Å²) in [7, 11) is -3.89. The maximum Gasteiger partial charge on any atom is 0.216 e. The van der Waals surface area contributed by atoms with Crippen molar-refractivity contribution in [3.63, 3.8) is 0 Å². The van der Waals surface area contributed by atoms with Crippen LogP contribution in [0.15, 0.2) is 64.5 Å². The van der Waals surface area contributed by atoms with Gasteiger partial charge in [-0.2, -0.15) is 5.26 Å². The van der Waals surface area contributed by atoms with Crippen molar-refractivity contribution < 1.29 is 8.42 Å². The molecule has 0 aliphatic rings. The fraction of sp³-hybridized carbons (Fsp3) is 0.0556. The van der Waals surface area contributed by atoms with Crippen molar-refractivity contribution in [2.24, 2.45) is 0 Å². The molecule has 1 heterocycles. The molecule has 0 aliphatic carbocycles. The number of aryl methyl sites for hydroxylation is 1. The summed E-state index contributed by atoms with van der Waals surface area (Å²) in [5, 5.41) is 9.31. The number of hydrogen-bond acceptors (Lipinski definition) is 5. The largest absolute Gasteiger partial charge is 0.252 e. The van der Waals surface area contributed by atoms with Crippen LogP contribution in [0.4, 0.5) is 0 Å². The number of hydrogen-bond donors (Lipinski definition) is 0. The van der Waals surface area contributed by atoms with Gasteiger partial charge in [-0.1, -0.05) is 29.8 Å². The van der Waals surface area contributed by atoms with Gasteiger partial charge in [-0.15, -0.1) is 0 Å². The lowest BCUT2D eigenvalue weighted by Crippen LogP contribution is -2.04. The monoisotopic (exact) mass is 335 g/mol. The number of para-hydroxylation sites is 2. The van der Waals surface area contributed by atoms with E-state index in [1.54, 1.807) is 24.3 Å². The molecule has 3 aromatic rings. The summed E-state index contributed by atoms with van der Waals surface area (Å²) in [6, 6.07) is 15.4. The van der Waals surface area contributed by atoms with Gasteiger partial charge in [0.25, 0.3) is 0 Å². The first-order valence-electron chi connectivity index (χ1n) is 7.16. The highest BCUT2D eigenvalue weighted by molar-refractivity contribution is 7.95. The first-order valence-corrected chi connectivity index (χ1v) is 8.64. The van der Waals surface area contributed by atoms with E-state index in [-0.39, 0.29) is 9.80 Å². The number of benzene rings is 2. The highest BCUT2D eigenvalue weighted by atomic mass is 32.2. The van der Waals surface area contributed by atoms with Crippen molar-refractivity contribution in [2.45, 2.75) is 11.8 Å². The predicted octanol–water partition coefficient (Wildman–Crippen LogP) is 3.28. The Morgan fingerprint density at radius 3 is 2.42 bits per heavy atom. The van der Waals surface area contributed by atoms with Crippen molar-refractivity contribution >= 4 is 26.9 Å². The van der Waals surface area contributed by atoms with Gasteiger partial charge in [0.05, 0.1) is 27.8 Å². The van der Waals surface area contributed by atoms with Gasteiger partial charge in [-0.3, -0.25) is 4.98 Å². The van der Waals surface area contributed by atoms with Crippen LogP contribution in [0.3, 0.4) is 0 Å². The van der Waals surface area contributed by atoms with E-state index in [2.05, 4.69) is 9.97 Å². The molecule has 118 valence electrons. The number of rotatable bonds is 3. The topological polar surface area (TPSA) is 83.7 Å². The van der Waals surface area contributed by atoms with E-state index in [1.165, 1.54) is 24.4 Å². The number of fused-ring (bicyclic) bond motifs is 1. The minimum absolute atomic E-state index is 0.0784. The summed E-state index contributed by atoms with van der Waals surface area (Å²) in [6.45, 7) is 1.86. The van der Waals surface area contributed by atoms with E-state index < -0.39 is 9.84 Å². The Labute approximate surface area is 139 Å². The molecule has 2 aromatic carbocycles. The van der Waals surface area contributed by atoms with Crippen LogP contribution in [0.5, 0.6) is 0 Å². The van der Waals surface area contributed by atoms with E-state index in [0.717, 1.165) is 5.56 Å². The van der Waals surface area contributed by atoms with Crippen LogP contribution in [-0.2, 0) is 9.84 Å². The fourth-order valence-electron chi connectivity index (χ4n) is 2.19. The average Bonchev–Trinajstić information content (AvgIpc) is 2.59. The molecule has 1 aromatic heterocycles. The minimum Gasteiger partial charge on any atom is -0.252 e. The Kier molecular flexibility index (Phi) is 4.11. The zero-order valence-electron chi connectivity index (χ0n) is 12.8. The van der Waals surface area contributed by atoms with Crippen molar-refractivity contribution in [3.05, 3.63) is 70.9 Å². The average molecular weight is 335 g/mol. The number of nitrogens with zero attached hydrogens (tertiary/aromatic N) is 3. The molecule has 0 atom stereocenters. The molecule has 6 heteroatoms. The third-order valence-corrected chi connectivity index (χ3v) is 5.16. The van der Waals surface area contributed by atoms with Crippen molar-refractivity contribution in [2.75, 3.05) is 0 Å². The molecule has 0 saturated heterocycles. The van der Waals surface area contributed by atoms with Gasteiger partial charge in [0, 0.05) is 0 Å². The standard InChI is InChI=1S/C18H13N3O2S/c1-13-6-8-15(9-7-13)24(22,23)16(11-19)10-14-12-20-17-4-2-3-5-18(17)21-14/h2-10,12H,1H3/b16-10+. The van der Waals surface area contributed by atoms with Gasteiger partial charge >= 0.3 is 0 Å². The quantitative estimate of drug-likeness (QED) is 0.686. The molecular weight excluding hydrogens is 322 g/mol. The van der Waals surface area contributed by atoms with E-state index in [0.29, 0.717) is 16.7 Å². The van der Waals surface area contributed by atoms with Crippen LogP contribution in [0.25, 0.3) is 17.1 Å². The molecule has 5 nitrogen and oxygen atoms in total. The van der Waals surface area contributed by atoms with Crippen LogP contribution in [0, 0.1) is 18.3 Å². The minimum atomic E-state index is -3.89. The summed E-state index contributed by atoms with van der Waals surface area (Å²) < 4.78 is 25.2. The Morgan fingerprint density at radius 1 is 1.08 bits per heavy atom. The summed E-state index contributed by atoms with van der Waals surface area (Å²) in [5.74, 6) is 0. The van der Waals surface area contributed by atoms with E-state index in [9.17, 15) is 13.7 Å². The van der Waals surface area contributed by atoms with Crippen LogP contribution in [0.1, 0.15) is 11.3 Å². The van der Waals surface area contributed by atoms with Crippen LogP contribution in [-0.4, -0.2) is 18.4 Å². The summed E-state index contributed by atoms with van der Waals surface area (Å²) in [6.07, 6.45) is 2.69. The Hall–Kier alpha value is -3.04. The molecule has 3 rings (SSSR count). The van der Waals surface area contributed by atoms with Gasteiger partial charge in [0.15, 0.2) is 4.91 Å². The smallest absolute Gasteiger partial charge is 0.216 e. The van der Waals surface area contributed by atoms with Crippen molar-refractivity contribution in [1.82, 2.24) is 9.97 Å². The Balaban J connectivity index is 2.07. The van der Waals surface area contributed by atoms with Gasteiger partial charge in [-0.25, -0.2) is 13.4 Å². The SMILES string of the molecule is Cc1ccc(S(=O)(=O)/C(C#N)=C/c2cnc3ccccc3n2)cc1. The van der Waals surface area contributed by atoms with E-state index >= 15 is 0 Å². The molecule has 0 fully saturated rings. The number of aromatic nitrogens is 2. The second kappa shape index (κ2) is 6.22. The van der Waals surface area contributed by atoms with E-state index in [1.807, 2.05) is 25.1 Å². The lowest BCUT2D eigenvalue weighted by Gasteiger charge is -2.04. The predicted molar refractivity (Wildman–Crippen MR) is 91.5 cm³/mol. The second-order valence-corrected chi connectivity index (χ2v) is 7.14. The summed E-state index contributed by atoms with van der Waals surface area (Å²) in [5.41, 5.74) is 2.60. The fourth-order valence-corrected chi connectivity index (χ4v) is 3.33. The second-order valence-electron chi connectivity index (χ2n) is 5.22. The molecule has 0 radical (unpaired) electrons. The highest BCUT2D eigenvalue weighted by Crippen LogP contribution is 2.21. The van der Waals surface area contributed by atoms with Crippen LogP contribution < -0.4 is 0 Å². The third-order valence-electron chi connectivity index (χ3n) is 3.48. The van der Waals surface area contributed by atoms with Gasteiger partial charge in [0.2, 0.25) is 9.84 Å². The first-order chi connectivity index (χ1) is 11.5. The molecule has 0 spiro atoms. The van der Waals surface area contributed by atoms with E-state index in [4.69, 9.17) is 0 Å². The number of nitriles is 1. The van der Waals surface area contributed by atoms with Gasteiger partial charge in [0.1, 0.15) is 6.07 Å². The number of allylic oxidation sites excluding steroid dienone is 1. The zero-order valence-corrected chi connectivity index (χ0v) is 13.7. The normalized spacial score (nSPS) is 12.1. The Bertz CT molecular complexity index is 1080. The molecule has 0 N–H and O–H groups in total. The first kappa shape index (κ1) is 15.8. The van der Waals surface area contributed by atoms with Crippen LogP contribution >= 0.6 is 0 Å².